The number of para-hydroxylation sites is 5. The number of fused-ring (bicyclic) bond motifs is 8. The van der Waals surface area contributed by atoms with Gasteiger partial charge in [0.05, 0.1) is 22.7 Å². The lowest BCUT2D eigenvalue weighted by Gasteiger charge is -2.38. The van der Waals surface area contributed by atoms with Gasteiger partial charge >= 0.3 is 0 Å². The molecule has 11 rings (SSSR count). The van der Waals surface area contributed by atoms with Gasteiger partial charge in [-0.3, -0.25) is 9.80 Å². The number of hydrogen-bond donors (Lipinski definition) is 0. The van der Waals surface area contributed by atoms with Gasteiger partial charge in [0.15, 0.2) is 46.0 Å². The van der Waals surface area contributed by atoms with Crippen LogP contribution in [-0.2, 0) is 0 Å². The minimum Gasteiger partial charge on any atom is -0.453 e. The molecule has 0 amide bonds. The summed E-state index contributed by atoms with van der Waals surface area (Å²) in [6.45, 7) is 0. The topological polar surface area (TPSA) is 43.4 Å². The van der Waals surface area contributed by atoms with Crippen LogP contribution < -0.4 is 28.7 Å². The average molecular weight is 639 g/mol. The summed E-state index contributed by atoms with van der Waals surface area (Å²) in [5.74, 6) is 4.79. The maximum absolute atomic E-state index is 14.7. The molecule has 0 spiro atoms. The fourth-order valence-corrected chi connectivity index (χ4v) is 7.28. The highest BCUT2D eigenvalue weighted by atomic mass is 19.1. The maximum Gasteiger partial charge on any atom is 0.158 e. The number of hydrogen-bond acceptors (Lipinski definition) is 6. The molecule has 0 aromatic heterocycles. The van der Waals surface area contributed by atoms with E-state index in [4.69, 9.17) is 18.9 Å². The Bertz CT molecular complexity index is 2570. The lowest BCUT2D eigenvalue weighted by atomic mass is 9.97. The van der Waals surface area contributed by atoms with Crippen molar-refractivity contribution in [1.82, 2.24) is 0 Å². The van der Waals surface area contributed by atoms with Crippen molar-refractivity contribution in [1.29, 1.82) is 0 Å². The first-order valence-electron chi connectivity index (χ1n) is 16.0. The van der Waals surface area contributed by atoms with Crippen LogP contribution in [0.2, 0.25) is 0 Å². The van der Waals surface area contributed by atoms with E-state index in [0.717, 1.165) is 73.7 Å². The Morgan fingerprint density at radius 2 is 0.735 bits per heavy atom. The van der Waals surface area contributed by atoms with E-state index >= 15 is 0 Å². The lowest BCUT2D eigenvalue weighted by molar-refractivity contribution is 0.438. The molecule has 4 aliphatic heterocycles. The van der Waals surface area contributed by atoms with Crippen LogP contribution in [-0.4, -0.2) is 0 Å². The third kappa shape index (κ3) is 3.81. The summed E-state index contributed by atoms with van der Waals surface area (Å²) in [5, 5.41) is 0. The van der Waals surface area contributed by atoms with Gasteiger partial charge in [0.1, 0.15) is 17.2 Å². The summed E-state index contributed by atoms with van der Waals surface area (Å²) in [6.07, 6.45) is 0. The maximum atomic E-state index is 14.7. The molecule has 232 valence electrons. The summed E-state index contributed by atoms with van der Waals surface area (Å²) in [4.78, 5) is 4.30. The third-order valence-electron chi connectivity index (χ3n) is 9.44. The van der Waals surface area contributed by atoms with E-state index in [-0.39, 0.29) is 0 Å². The highest BCUT2D eigenvalue weighted by molar-refractivity contribution is 5.96. The Balaban J connectivity index is 0.980. The van der Waals surface area contributed by atoms with Crippen molar-refractivity contribution in [2.75, 3.05) is 9.80 Å². The van der Waals surface area contributed by atoms with Crippen molar-refractivity contribution in [2.45, 2.75) is 0 Å². The van der Waals surface area contributed by atoms with Gasteiger partial charge in [-0.15, -0.1) is 0 Å². The van der Waals surface area contributed by atoms with Gasteiger partial charge in [-0.2, -0.15) is 0 Å². The first-order valence-corrected chi connectivity index (χ1v) is 16.0. The zero-order chi connectivity index (χ0) is 32.2. The minimum absolute atomic E-state index is 0.411. The van der Waals surface area contributed by atoms with Crippen molar-refractivity contribution < 1.29 is 23.3 Å². The van der Waals surface area contributed by atoms with Crippen molar-refractivity contribution in [3.8, 4) is 68.2 Å². The van der Waals surface area contributed by atoms with Gasteiger partial charge in [-0.25, -0.2) is 4.39 Å². The average Bonchev–Trinajstić information content (AvgIpc) is 3.14. The highest BCUT2D eigenvalue weighted by Crippen LogP contribution is 2.61. The zero-order valence-electron chi connectivity index (χ0n) is 25.7. The molecule has 0 fully saturated rings. The molecule has 0 aliphatic carbocycles. The van der Waals surface area contributed by atoms with Gasteiger partial charge in [-0.05, 0) is 89.0 Å². The van der Waals surface area contributed by atoms with E-state index in [9.17, 15) is 4.39 Å². The summed E-state index contributed by atoms with van der Waals surface area (Å²) in [6, 6.07) is 45.4. The first-order chi connectivity index (χ1) is 24.2. The second kappa shape index (κ2) is 9.65. The van der Waals surface area contributed by atoms with Gasteiger partial charge < -0.3 is 18.9 Å². The third-order valence-corrected chi connectivity index (χ3v) is 9.44. The molecule has 0 saturated carbocycles. The van der Waals surface area contributed by atoms with Crippen LogP contribution in [0.25, 0.3) is 22.3 Å². The van der Waals surface area contributed by atoms with E-state index < -0.39 is 5.82 Å². The Labute approximate surface area is 280 Å². The second-order valence-corrected chi connectivity index (χ2v) is 12.3. The molecule has 4 aliphatic rings. The molecule has 0 saturated heterocycles. The predicted octanol–water partition coefficient (Wildman–Crippen LogP) is 12.5. The number of nitrogens with zero attached hydrogens (tertiary/aromatic N) is 2. The SMILES string of the molecule is Fc1cc2c3c(c1)Oc1cc(-c4cccc(-c5ccc6c(c5)Oc5cccc7c5N6c5ccccc5O7)c4)ccc1N3c1ccccc1O2. The predicted molar refractivity (Wildman–Crippen MR) is 187 cm³/mol. The fourth-order valence-electron chi connectivity index (χ4n) is 7.28. The van der Waals surface area contributed by atoms with Gasteiger partial charge in [0, 0.05) is 12.1 Å². The van der Waals surface area contributed by atoms with Crippen LogP contribution in [0.4, 0.5) is 38.5 Å². The van der Waals surface area contributed by atoms with E-state index in [2.05, 4.69) is 64.4 Å². The fraction of sp³-hybridized carbons (Fsp3) is 0. The van der Waals surface area contributed by atoms with Gasteiger partial charge in [0.25, 0.3) is 0 Å². The largest absolute Gasteiger partial charge is 0.453 e. The van der Waals surface area contributed by atoms with E-state index in [1.807, 2.05) is 72.8 Å². The van der Waals surface area contributed by atoms with Gasteiger partial charge in [0.2, 0.25) is 0 Å². The molecule has 7 aromatic carbocycles. The van der Waals surface area contributed by atoms with Crippen molar-refractivity contribution in [3.05, 3.63) is 145 Å². The Kier molecular flexibility index (Phi) is 5.19. The second-order valence-electron chi connectivity index (χ2n) is 12.3. The number of ether oxygens (including phenoxy) is 4. The van der Waals surface area contributed by atoms with Crippen LogP contribution in [0.5, 0.6) is 46.0 Å². The normalized spacial score (nSPS) is 13.6. The first kappa shape index (κ1) is 26.4. The number of halogens is 1. The smallest absolute Gasteiger partial charge is 0.158 e. The molecular weight excluding hydrogens is 615 g/mol. The van der Waals surface area contributed by atoms with Crippen LogP contribution in [0.15, 0.2) is 140 Å². The Hall–Kier alpha value is -6.73. The molecule has 0 unspecified atom stereocenters. The van der Waals surface area contributed by atoms with E-state index in [0.29, 0.717) is 28.7 Å². The molecule has 7 heteroatoms. The standard InChI is InChI=1S/C42H23FN2O4/c43-28-22-39-42-40(23-28)49-38-21-27(16-18-32(38)45(42)30-10-2-4-12-34(30)47-39)25-8-5-7-24(19-25)26-15-17-31-37(20-26)48-36-14-6-13-35-41(36)44(31)29-9-1-3-11-33(29)46-35/h1-23H. The Morgan fingerprint density at radius 1 is 0.327 bits per heavy atom. The summed E-state index contributed by atoms with van der Waals surface area (Å²) < 4.78 is 39.9. The molecule has 49 heavy (non-hydrogen) atoms. The van der Waals surface area contributed by atoms with E-state index in [1.54, 1.807) is 0 Å². The summed E-state index contributed by atoms with van der Waals surface area (Å²) in [7, 11) is 0. The van der Waals surface area contributed by atoms with Crippen LogP contribution in [0, 0.1) is 5.82 Å². The molecule has 0 N–H and O–H groups in total. The molecule has 4 heterocycles. The van der Waals surface area contributed by atoms with Crippen molar-refractivity contribution >= 4 is 34.1 Å². The van der Waals surface area contributed by atoms with Crippen LogP contribution in [0.3, 0.4) is 0 Å². The number of anilines is 6. The molecule has 0 bridgehead atoms. The highest BCUT2D eigenvalue weighted by Gasteiger charge is 2.36. The van der Waals surface area contributed by atoms with Crippen LogP contribution in [0.1, 0.15) is 0 Å². The molecule has 0 radical (unpaired) electrons. The Morgan fingerprint density at radius 3 is 1.33 bits per heavy atom. The van der Waals surface area contributed by atoms with Crippen LogP contribution >= 0.6 is 0 Å². The summed E-state index contributed by atoms with van der Waals surface area (Å²) in [5.41, 5.74) is 9.31. The van der Waals surface area contributed by atoms with Crippen molar-refractivity contribution in [2.24, 2.45) is 0 Å². The zero-order valence-corrected chi connectivity index (χ0v) is 25.7. The minimum atomic E-state index is -0.420. The molecule has 7 aromatic rings. The molecular formula is C42H23FN2O4. The monoisotopic (exact) mass is 638 g/mol. The van der Waals surface area contributed by atoms with Crippen molar-refractivity contribution in [3.63, 3.8) is 0 Å². The van der Waals surface area contributed by atoms with Gasteiger partial charge in [-0.1, -0.05) is 60.7 Å². The lowest BCUT2D eigenvalue weighted by Crippen LogP contribution is -2.20. The summed E-state index contributed by atoms with van der Waals surface area (Å²) >= 11 is 0. The number of benzene rings is 7. The molecule has 0 atom stereocenters. The molecule has 6 nitrogen and oxygen atoms in total. The number of rotatable bonds is 2. The quantitative estimate of drug-likeness (QED) is 0.188. The van der Waals surface area contributed by atoms with E-state index in [1.165, 1.54) is 12.1 Å².